The molecule has 100 heavy (non-hydrogen) atoms. The number of para-hydroxylation sites is 3. The fourth-order valence-electron chi connectivity index (χ4n) is 13.2. The minimum Gasteiger partial charge on any atom is -0.495 e. The number of alkyl halides is 2. The Morgan fingerprint density at radius 1 is 0.500 bits per heavy atom. The van der Waals surface area contributed by atoms with Crippen LogP contribution in [0.3, 0.4) is 0 Å². The number of halogens is 2. The SMILES string of the molecule is COc1cc(C(=O)N2CCN(C)CC2)ccc1Nc1ncc2c(n1)n1c(cc3ccccc31)c(=O)n2C.Cc1cc(N2CCN(C)CC2)ccc1Nc1ncc2c(n1)n1c(cc3ccccc31)c(=O)n2C.Cn1c(=O)c2cc3ccccc3n2c2nc(Nc3cnn(CC(F)F)c3)ncc21. The van der Waals surface area contributed by atoms with Crippen molar-refractivity contribution in [3.63, 3.8) is 0 Å². The van der Waals surface area contributed by atoms with Crippen LogP contribution in [0.2, 0.25) is 0 Å². The number of anilines is 7. The lowest BCUT2D eigenvalue weighted by atomic mass is 10.1. The lowest BCUT2D eigenvalue weighted by Crippen LogP contribution is -2.47. The van der Waals surface area contributed by atoms with Crippen LogP contribution in [0.4, 0.5) is 49.4 Å². The molecule has 10 aromatic heterocycles. The van der Waals surface area contributed by atoms with Crippen LogP contribution in [0.25, 0.3) is 82.8 Å². The Labute approximate surface area is 568 Å². The molecule has 0 aliphatic carbocycles. The number of amides is 1. The molecule has 0 bridgehead atoms. The molecule has 5 aromatic carbocycles. The summed E-state index contributed by atoms with van der Waals surface area (Å²) in [6.45, 7) is 8.97. The van der Waals surface area contributed by atoms with Gasteiger partial charge in [-0.2, -0.15) is 20.1 Å². The Morgan fingerprint density at radius 3 is 1.40 bits per heavy atom. The largest absolute Gasteiger partial charge is 0.495 e. The number of ether oxygens (including phenoxy) is 1. The zero-order valence-corrected chi connectivity index (χ0v) is 55.8. The maximum atomic E-state index is 13.0. The zero-order chi connectivity index (χ0) is 69.2. The van der Waals surface area contributed by atoms with E-state index in [1.807, 2.05) is 105 Å². The van der Waals surface area contributed by atoms with Crippen molar-refractivity contribution in [2.75, 3.05) is 94.4 Å². The highest BCUT2D eigenvalue weighted by Crippen LogP contribution is 2.32. The van der Waals surface area contributed by atoms with Crippen LogP contribution in [-0.4, -0.2) is 167 Å². The Hall–Kier alpha value is -12.2. The minimum absolute atomic E-state index is 0.0114. The van der Waals surface area contributed by atoms with E-state index < -0.39 is 13.0 Å². The molecule has 26 nitrogen and oxygen atoms in total. The fourth-order valence-corrected chi connectivity index (χ4v) is 13.2. The summed E-state index contributed by atoms with van der Waals surface area (Å²) < 4.78 is 42.1. The summed E-state index contributed by atoms with van der Waals surface area (Å²) in [5.41, 5.74) is 12.8. The summed E-state index contributed by atoms with van der Waals surface area (Å²) in [7, 11) is 11.0. The highest BCUT2D eigenvalue weighted by atomic mass is 19.3. The average molecular weight is 1350 g/mol. The molecule has 506 valence electrons. The molecule has 3 N–H and O–H groups in total. The predicted octanol–water partition coefficient (Wildman–Crippen LogP) is 9.35. The number of carbonyl (C=O) groups is 1. The summed E-state index contributed by atoms with van der Waals surface area (Å²) in [6.07, 6.45) is 5.31. The van der Waals surface area contributed by atoms with Crippen LogP contribution in [0.15, 0.2) is 173 Å². The maximum absolute atomic E-state index is 13.0. The third-order valence-corrected chi connectivity index (χ3v) is 18.7. The molecular weight excluding hydrogens is 1280 g/mol. The van der Waals surface area contributed by atoms with Gasteiger partial charge in [0.15, 0.2) is 16.9 Å². The van der Waals surface area contributed by atoms with Crippen molar-refractivity contribution in [2.45, 2.75) is 19.9 Å². The first-order chi connectivity index (χ1) is 48.4. The Kier molecular flexibility index (Phi) is 16.6. The number of hydrogen-bond donors (Lipinski definition) is 3. The summed E-state index contributed by atoms with van der Waals surface area (Å²) in [5, 5.41) is 16.4. The molecule has 2 saturated heterocycles. The van der Waals surface area contributed by atoms with E-state index in [0.29, 0.717) is 97.7 Å². The van der Waals surface area contributed by atoms with Gasteiger partial charge >= 0.3 is 0 Å². The molecule has 28 heteroatoms. The molecule has 17 rings (SSSR count). The molecule has 0 spiro atoms. The van der Waals surface area contributed by atoms with Crippen LogP contribution < -0.4 is 42.3 Å². The molecule has 2 fully saturated rings. The number of fused-ring (bicyclic) bond motifs is 15. The molecule has 15 aromatic rings. The van der Waals surface area contributed by atoms with E-state index in [0.717, 1.165) is 87.9 Å². The summed E-state index contributed by atoms with van der Waals surface area (Å²) >= 11 is 0. The summed E-state index contributed by atoms with van der Waals surface area (Å²) in [5.74, 6) is 1.62. The number of methoxy groups -OCH3 is 1. The molecule has 0 saturated carbocycles. The molecule has 2 aliphatic heterocycles. The van der Waals surface area contributed by atoms with Crippen LogP contribution in [-0.2, 0) is 27.7 Å². The van der Waals surface area contributed by atoms with Gasteiger partial charge in [-0.05, 0) is 99.4 Å². The molecule has 0 unspecified atom stereocenters. The van der Waals surface area contributed by atoms with Gasteiger partial charge in [-0.25, -0.2) is 23.7 Å². The maximum Gasteiger partial charge on any atom is 0.275 e. The van der Waals surface area contributed by atoms with Crippen molar-refractivity contribution in [1.82, 2.24) is 81.3 Å². The molecular formula is C72H69F2N21O5. The normalized spacial score (nSPS) is 13.9. The van der Waals surface area contributed by atoms with E-state index in [1.165, 1.54) is 22.6 Å². The van der Waals surface area contributed by atoms with E-state index in [1.54, 1.807) is 78.6 Å². The molecule has 0 atom stereocenters. The van der Waals surface area contributed by atoms with Gasteiger partial charge in [-0.1, -0.05) is 54.6 Å². The number of aromatic nitrogens is 14. The second-order valence-corrected chi connectivity index (χ2v) is 25.1. The lowest BCUT2D eigenvalue weighted by molar-refractivity contribution is 0.0663. The van der Waals surface area contributed by atoms with Gasteiger partial charge in [-0.3, -0.25) is 37.1 Å². The third kappa shape index (κ3) is 11.8. The van der Waals surface area contributed by atoms with Crippen molar-refractivity contribution < 1.29 is 18.3 Å². The Morgan fingerprint density at radius 2 is 0.940 bits per heavy atom. The fraction of sp³-hybridized carbons (Fsp3) is 0.236. The van der Waals surface area contributed by atoms with E-state index >= 15 is 0 Å². The van der Waals surface area contributed by atoms with Gasteiger partial charge in [0.1, 0.15) is 45.4 Å². The van der Waals surface area contributed by atoms with Crippen molar-refractivity contribution in [1.29, 1.82) is 0 Å². The number of benzene rings is 5. The van der Waals surface area contributed by atoms with Gasteiger partial charge in [0, 0.05) is 113 Å². The number of nitrogens with zero attached hydrogens (tertiary/aromatic N) is 18. The first-order valence-electron chi connectivity index (χ1n) is 32.5. The van der Waals surface area contributed by atoms with Crippen molar-refractivity contribution >= 4 is 129 Å². The molecule has 2 aliphatic rings. The van der Waals surface area contributed by atoms with Gasteiger partial charge < -0.3 is 54.0 Å². The number of nitrogens with one attached hydrogen (secondary N) is 3. The summed E-state index contributed by atoms with van der Waals surface area (Å²) in [6, 6.07) is 40.9. The van der Waals surface area contributed by atoms with Crippen LogP contribution in [0.5, 0.6) is 5.75 Å². The number of hydrogen-bond acceptors (Lipinski definition) is 18. The average Bonchev–Trinajstić information content (AvgIpc) is 1.56. The van der Waals surface area contributed by atoms with Crippen molar-refractivity contribution in [3.8, 4) is 5.75 Å². The smallest absolute Gasteiger partial charge is 0.275 e. The molecule has 12 heterocycles. The van der Waals surface area contributed by atoms with E-state index in [4.69, 9.17) is 14.7 Å². The number of aryl methyl sites for hydroxylation is 4. The van der Waals surface area contributed by atoms with Crippen LogP contribution in [0, 0.1) is 6.92 Å². The topological polar surface area (TPSA) is 250 Å². The van der Waals surface area contributed by atoms with Crippen molar-refractivity contribution in [3.05, 3.63) is 201 Å². The lowest BCUT2D eigenvalue weighted by Gasteiger charge is -2.34. The van der Waals surface area contributed by atoms with Crippen molar-refractivity contribution in [2.24, 2.45) is 21.1 Å². The zero-order valence-electron chi connectivity index (χ0n) is 55.8. The third-order valence-electron chi connectivity index (χ3n) is 18.7. The number of likely N-dealkylation sites (N-methyl/N-ethyl adjacent to an activating group) is 2. The monoisotopic (exact) mass is 1350 g/mol. The summed E-state index contributed by atoms with van der Waals surface area (Å²) in [4.78, 5) is 88.1. The van der Waals surface area contributed by atoms with Gasteiger partial charge in [0.05, 0.1) is 59.8 Å². The van der Waals surface area contributed by atoms with Crippen LogP contribution >= 0.6 is 0 Å². The van der Waals surface area contributed by atoms with Crippen LogP contribution in [0.1, 0.15) is 15.9 Å². The molecule has 0 radical (unpaired) electrons. The highest BCUT2D eigenvalue weighted by Gasteiger charge is 2.24. The van der Waals surface area contributed by atoms with Gasteiger partial charge in [0.25, 0.3) is 29.0 Å². The van der Waals surface area contributed by atoms with E-state index in [-0.39, 0.29) is 28.5 Å². The van der Waals surface area contributed by atoms with Gasteiger partial charge in [-0.15, -0.1) is 0 Å². The number of carbonyl (C=O) groups excluding carboxylic acids is 1. The predicted molar refractivity (Wildman–Crippen MR) is 385 cm³/mol. The second-order valence-electron chi connectivity index (χ2n) is 25.1. The second kappa shape index (κ2) is 26.0. The first-order valence-corrected chi connectivity index (χ1v) is 32.5. The van der Waals surface area contributed by atoms with Gasteiger partial charge in [0.2, 0.25) is 17.8 Å². The molecule has 1 amide bonds. The first kappa shape index (κ1) is 63.9. The quantitative estimate of drug-likeness (QED) is 0.109. The Balaban J connectivity index is 0.000000123. The minimum atomic E-state index is -2.49. The highest BCUT2D eigenvalue weighted by molar-refractivity contribution is 5.97. The van der Waals surface area contributed by atoms with E-state index in [9.17, 15) is 28.0 Å². The number of piperazine rings is 2. The number of rotatable bonds is 11. The Bertz CT molecular complexity index is 5920. The van der Waals surface area contributed by atoms with E-state index in [2.05, 4.69) is 94.9 Å². The standard InChI is InChI=1S/C27H27N7O3.C26H27N7O.C19H15F2N7O/c1-31-10-12-33(13-11-31)25(35)18-8-9-19(23(15-18)37-3)29-27-28-16-22-24(30-27)34-20-7-5-4-6-17(20)14-21(34)26(36)32(22)2;1-17-14-19(32-12-10-30(2)11-13-32)8-9-20(17)28-26-27-16-23-24(29-26)33-21-7-5-4-6-18(21)15-22(33)25(34)31(23)3;1-26-15-8-22-19(24-12-7-23-27(9-12)10-16(20)21)25-17(15)28-13-5-3-2-4-11(13)6-14(28)18(26)29/h4-9,14-16H,10-13H2,1-3H3,(H,28,29,30);4-9,14-16H,10-13H2,1-3H3,(H,27,28,29);2-9,16H,10H2,1H3,(H,22,24,25).